The van der Waals surface area contributed by atoms with Gasteiger partial charge in [-0.05, 0) is 52.0 Å². The zero-order valence-electron chi connectivity index (χ0n) is 20.4. The Balaban J connectivity index is 1.48. The van der Waals surface area contributed by atoms with Gasteiger partial charge in [0, 0.05) is 18.1 Å². The molecular formula is C24H36N4O6. The van der Waals surface area contributed by atoms with Crippen molar-refractivity contribution in [3.8, 4) is 0 Å². The van der Waals surface area contributed by atoms with Crippen LogP contribution in [0.25, 0.3) is 0 Å². The molecule has 2 heterocycles. The third-order valence-corrected chi connectivity index (χ3v) is 6.33. The zero-order valence-corrected chi connectivity index (χ0v) is 20.4. The fourth-order valence-corrected chi connectivity index (χ4v) is 4.68. The molecule has 10 nitrogen and oxygen atoms in total. The number of nitrogens with one attached hydrogen (secondary N) is 1. The molecule has 2 aliphatic rings. The van der Waals surface area contributed by atoms with Crippen molar-refractivity contribution in [1.82, 2.24) is 20.3 Å². The van der Waals surface area contributed by atoms with Gasteiger partial charge in [0.25, 0.3) is 5.91 Å². The molecule has 2 N–H and O–H groups in total. The predicted molar refractivity (Wildman–Crippen MR) is 124 cm³/mol. The van der Waals surface area contributed by atoms with Crippen molar-refractivity contribution >= 4 is 18.0 Å². The van der Waals surface area contributed by atoms with Crippen molar-refractivity contribution in [3.63, 3.8) is 0 Å². The minimum Gasteiger partial charge on any atom is -0.465 e. The SMILES string of the molecule is CCC(CCONC(=O)[C@@H]1CC[C@@H]2CN1C(=O)N2OCc1ccccc1)N(C(=O)O)C(C)(C)C. The first-order valence-corrected chi connectivity index (χ1v) is 11.8. The quantitative estimate of drug-likeness (QED) is 0.396. The molecule has 0 radical (unpaired) electrons. The number of nitrogens with zero attached hydrogens (tertiary/aromatic N) is 3. The van der Waals surface area contributed by atoms with Crippen LogP contribution >= 0.6 is 0 Å². The summed E-state index contributed by atoms with van der Waals surface area (Å²) in [6.45, 7) is 8.36. The Kier molecular flexibility index (Phi) is 8.37. The average molecular weight is 477 g/mol. The summed E-state index contributed by atoms with van der Waals surface area (Å²) in [5.41, 5.74) is 2.88. The van der Waals surface area contributed by atoms with Gasteiger partial charge in [0.15, 0.2) is 0 Å². The van der Waals surface area contributed by atoms with E-state index >= 15 is 0 Å². The van der Waals surface area contributed by atoms with E-state index in [0.29, 0.717) is 32.2 Å². The molecule has 34 heavy (non-hydrogen) atoms. The maximum Gasteiger partial charge on any atom is 0.407 e. The Morgan fingerprint density at radius 1 is 1.24 bits per heavy atom. The molecule has 0 saturated carbocycles. The van der Waals surface area contributed by atoms with Crippen LogP contribution in [0.2, 0.25) is 0 Å². The Morgan fingerprint density at radius 2 is 1.94 bits per heavy atom. The normalized spacial score (nSPS) is 20.9. The smallest absolute Gasteiger partial charge is 0.407 e. The number of amides is 4. The Labute approximate surface area is 200 Å². The number of carbonyl (C=O) groups is 3. The maximum absolute atomic E-state index is 12.9. The maximum atomic E-state index is 12.9. The van der Waals surface area contributed by atoms with Crippen molar-refractivity contribution < 1.29 is 29.2 Å². The summed E-state index contributed by atoms with van der Waals surface area (Å²) in [5, 5.41) is 11.0. The molecule has 0 aromatic heterocycles. The molecule has 3 atom stereocenters. The van der Waals surface area contributed by atoms with Gasteiger partial charge in [-0.3, -0.25) is 14.5 Å². The van der Waals surface area contributed by atoms with E-state index in [9.17, 15) is 19.5 Å². The van der Waals surface area contributed by atoms with Gasteiger partial charge >= 0.3 is 12.1 Å². The van der Waals surface area contributed by atoms with Crippen molar-refractivity contribution in [2.45, 2.75) is 83.6 Å². The average Bonchev–Trinajstić information content (AvgIpc) is 3.03. The number of hydrogen-bond acceptors (Lipinski definition) is 5. The van der Waals surface area contributed by atoms with Crippen molar-refractivity contribution in [2.75, 3.05) is 13.2 Å². The van der Waals surface area contributed by atoms with Gasteiger partial charge in [-0.25, -0.2) is 15.1 Å². The number of benzene rings is 1. The first-order chi connectivity index (χ1) is 16.1. The number of fused-ring (bicyclic) bond motifs is 2. The van der Waals surface area contributed by atoms with Crippen LogP contribution in [-0.4, -0.2) is 74.8 Å². The highest BCUT2D eigenvalue weighted by Crippen LogP contribution is 2.30. The van der Waals surface area contributed by atoms with Crippen molar-refractivity contribution in [3.05, 3.63) is 35.9 Å². The Bertz CT molecular complexity index is 859. The lowest BCUT2D eigenvalue weighted by molar-refractivity contribution is -0.141. The van der Waals surface area contributed by atoms with Crippen LogP contribution < -0.4 is 5.48 Å². The molecule has 1 aromatic rings. The number of hydroxylamine groups is 3. The second-order valence-corrected chi connectivity index (χ2v) is 9.76. The molecule has 1 aromatic carbocycles. The van der Waals surface area contributed by atoms with Crippen LogP contribution in [0.15, 0.2) is 30.3 Å². The summed E-state index contributed by atoms with van der Waals surface area (Å²) in [6.07, 6.45) is 1.27. The van der Waals surface area contributed by atoms with Gasteiger partial charge in [-0.15, -0.1) is 0 Å². The lowest BCUT2D eigenvalue weighted by atomic mass is 10.0. The Hall–Kier alpha value is -2.85. The number of hydrogen-bond donors (Lipinski definition) is 2. The fourth-order valence-electron chi connectivity index (χ4n) is 4.68. The zero-order chi connectivity index (χ0) is 24.9. The lowest BCUT2D eigenvalue weighted by Crippen LogP contribution is -2.52. The van der Waals surface area contributed by atoms with Crippen molar-refractivity contribution in [1.29, 1.82) is 0 Å². The van der Waals surface area contributed by atoms with E-state index in [4.69, 9.17) is 9.68 Å². The Morgan fingerprint density at radius 3 is 2.56 bits per heavy atom. The van der Waals surface area contributed by atoms with Crippen LogP contribution in [0.4, 0.5) is 9.59 Å². The van der Waals surface area contributed by atoms with Gasteiger partial charge in [0.05, 0.1) is 12.6 Å². The monoisotopic (exact) mass is 476 g/mol. The third-order valence-electron chi connectivity index (χ3n) is 6.33. The molecule has 4 amide bonds. The van der Waals surface area contributed by atoms with E-state index in [1.165, 1.54) is 14.9 Å². The lowest BCUT2D eigenvalue weighted by Gasteiger charge is -2.39. The second-order valence-electron chi connectivity index (χ2n) is 9.76. The molecule has 2 bridgehead atoms. The summed E-state index contributed by atoms with van der Waals surface area (Å²) >= 11 is 0. The number of carbonyl (C=O) groups excluding carboxylic acids is 2. The number of rotatable bonds is 10. The molecule has 2 saturated heterocycles. The fraction of sp³-hybridized carbons (Fsp3) is 0.625. The van der Waals surface area contributed by atoms with Gasteiger partial charge in [0.2, 0.25) is 0 Å². The van der Waals surface area contributed by atoms with Gasteiger partial charge in [-0.1, -0.05) is 37.3 Å². The molecule has 1 unspecified atom stereocenters. The molecule has 2 fully saturated rings. The van der Waals surface area contributed by atoms with E-state index < -0.39 is 17.7 Å². The summed E-state index contributed by atoms with van der Waals surface area (Å²) < 4.78 is 0. The minimum absolute atomic E-state index is 0.0779. The van der Waals surface area contributed by atoms with E-state index in [2.05, 4.69) is 5.48 Å². The molecule has 0 aliphatic carbocycles. The largest absolute Gasteiger partial charge is 0.465 e. The molecule has 3 rings (SSSR count). The van der Waals surface area contributed by atoms with Crippen LogP contribution in [0.1, 0.15) is 58.9 Å². The van der Waals surface area contributed by atoms with Crippen LogP contribution in [0, 0.1) is 0 Å². The van der Waals surface area contributed by atoms with E-state index in [-0.39, 0.29) is 37.2 Å². The molecule has 188 valence electrons. The standard InChI is InChI=1S/C24H36N4O6/c1-5-18(27(23(31)32)24(2,3)4)13-14-33-25-21(29)20-12-11-19-15-26(20)22(30)28(19)34-16-17-9-7-6-8-10-17/h6-10,18-20H,5,11-16H2,1-4H3,(H,25,29)(H,31,32)/t18?,19-,20+/m1/s1. The minimum atomic E-state index is -0.980. The summed E-state index contributed by atoms with van der Waals surface area (Å²) in [7, 11) is 0. The number of carboxylic acid groups (broad SMARTS) is 1. The van der Waals surface area contributed by atoms with Gasteiger partial charge in [-0.2, -0.15) is 5.06 Å². The summed E-state index contributed by atoms with van der Waals surface area (Å²) in [6, 6.07) is 8.36. The highest BCUT2D eigenvalue weighted by atomic mass is 16.7. The highest BCUT2D eigenvalue weighted by molar-refractivity contribution is 5.88. The first-order valence-electron chi connectivity index (χ1n) is 11.8. The van der Waals surface area contributed by atoms with Gasteiger partial charge < -0.3 is 14.9 Å². The van der Waals surface area contributed by atoms with E-state index in [1.54, 1.807) is 0 Å². The number of piperidine rings is 1. The van der Waals surface area contributed by atoms with Gasteiger partial charge in [0.1, 0.15) is 12.6 Å². The third kappa shape index (κ3) is 5.98. The van der Waals surface area contributed by atoms with E-state index in [0.717, 1.165) is 5.56 Å². The van der Waals surface area contributed by atoms with Crippen molar-refractivity contribution in [2.24, 2.45) is 0 Å². The first kappa shape index (κ1) is 25.8. The van der Waals surface area contributed by atoms with E-state index in [1.807, 2.05) is 58.0 Å². The summed E-state index contributed by atoms with van der Waals surface area (Å²) in [4.78, 5) is 51.4. The molecule has 0 spiro atoms. The molecule has 2 aliphatic heterocycles. The van der Waals surface area contributed by atoms with Crippen LogP contribution in [-0.2, 0) is 21.1 Å². The number of urea groups is 1. The topological polar surface area (TPSA) is 112 Å². The molecular weight excluding hydrogens is 440 g/mol. The van der Waals surface area contributed by atoms with Crippen LogP contribution in [0.5, 0.6) is 0 Å². The summed E-state index contributed by atoms with van der Waals surface area (Å²) in [5.74, 6) is -0.379. The molecule has 10 heteroatoms. The highest BCUT2D eigenvalue weighted by Gasteiger charge is 2.48. The second kappa shape index (κ2) is 11.1. The van der Waals surface area contributed by atoms with Crippen LogP contribution in [0.3, 0.4) is 0 Å². The predicted octanol–water partition coefficient (Wildman–Crippen LogP) is 3.38.